The molecular weight excluding hydrogens is 226 g/mol. The van der Waals surface area contributed by atoms with Crippen LogP contribution < -0.4 is 4.74 Å². The zero-order valence-electron chi connectivity index (χ0n) is 12.2. The first-order chi connectivity index (χ1) is 8.26. The second kappa shape index (κ2) is 6.21. The van der Waals surface area contributed by atoms with Crippen molar-refractivity contribution in [1.82, 2.24) is 4.90 Å². The van der Waals surface area contributed by atoms with Gasteiger partial charge in [0.2, 0.25) is 0 Å². The van der Waals surface area contributed by atoms with Gasteiger partial charge in [0.1, 0.15) is 12.4 Å². The molecule has 0 bridgehead atoms. The molecule has 0 fully saturated rings. The number of rotatable bonds is 6. The van der Waals surface area contributed by atoms with Crippen LogP contribution >= 0.6 is 0 Å². The molecule has 0 saturated carbocycles. The van der Waals surface area contributed by atoms with Crippen molar-refractivity contribution in [1.29, 1.82) is 0 Å². The molecule has 1 aromatic rings. The van der Waals surface area contributed by atoms with Gasteiger partial charge < -0.3 is 14.7 Å². The first kappa shape index (κ1) is 15.0. The molecule has 0 radical (unpaired) electrons. The fourth-order valence-electron chi connectivity index (χ4n) is 2.08. The quantitative estimate of drug-likeness (QED) is 0.842. The zero-order valence-corrected chi connectivity index (χ0v) is 12.2. The summed E-state index contributed by atoms with van der Waals surface area (Å²) in [7, 11) is 1.99. The molecule has 0 saturated heterocycles. The number of ether oxygens (including phenoxy) is 1. The predicted molar refractivity (Wildman–Crippen MR) is 75.2 cm³/mol. The minimum Gasteiger partial charge on any atom is -0.492 e. The molecule has 0 aromatic heterocycles. The third kappa shape index (κ3) is 6.03. The van der Waals surface area contributed by atoms with Gasteiger partial charge in [-0.3, -0.25) is 0 Å². The average Bonchev–Trinajstić information content (AvgIpc) is 2.12. The van der Waals surface area contributed by atoms with E-state index in [1.165, 1.54) is 11.1 Å². The highest BCUT2D eigenvalue weighted by Crippen LogP contribution is 2.16. The summed E-state index contributed by atoms with van der Waals surface area (Å²) in [6.45, 7) is 9.85. The molecule has 1 N–H and O–H groups in total. The second-order valence-electron chi connectivity index (χ2n) is 5.72. The molecule has 0 aliphatic carbocycles. The average molecular weight is 251 g/mol. The van der Waals surface area contributed by atoms with Crippen molar-refractivity contribution >= 4 is 0 Å². The molecule has 0 aliphatic rings. The lowest BCUT2D eigenvalue weighted by Crippen LogP contribution is -2.38. The van der Waals surface area contributed by atoms with Crippen LogP contribution in [0.4, 0.5) is 0 Å². The van der Waals surface area contributed by atoms with Crippen LogP contribution in [0.25, 0.3) is 0 Å². The molecule has 3 nitrogen and oxygen atoms in total. The van der Waals surface area contributed by atoms with Crippen molar-refractivity contribution in [3.8, 4) is 5.75 Å². The maximum Gasteiger partial charge on any atom is 0.119 e. The highest BCUT2D eigenvalue weighted by Gasteiger charge is 2.15. The number of nitrogens with zero attached hydrogens (tertiary/aromatic N) is 1. The molecule has 0 unspecified atom stereocenters. The summed E-state index contributed by atoms with van der Waals surface area (Å²) in [5.41, 5.74) is 1.78. The molecule has 1 aromatic carbocycles. The van der Waals surface area contributed by atoms with E-state index in [9.17, 15) is 5.11 Å². The molecule has 0 spiro atoms. The van der Waals surface area contributed by atoms with Gasteiger partial charge in [0, 0.05) is 13.1 Å². The normalized spacial score (nSPS) is 11.9. The number of benzene rings is 1. The molecule has 0 atom stereocenters. The van der Waals surface area contributed by atoms with E-state index in [1.54, 1.807) is 0 Å². The molecular formula is C15H25NO2. The van der Waals surface area contributed by atoms with Gasteiger partial charge in [0.15, 0.2) is 0 Å². The van der Waals surface area contributed by atoms with Gasteiger partial charge in [-0.25, -0.2) is 0 Å². The third-order valence-corrected chi connectivity index (χ3v) is 2.59. The Bertz CT molecular complexity index is 362. The lowest BCUT2D eigenvalue weighted by atomic mass is 10.1. The van der Waals surface area contributed by atoms with Crippen molar-refractivity contribution in [3.05, 3.63) is 29.3 Å². The predicted octanol–water partition coefficient (Wildman–Crippen LogP) is 2.38. The number of hydrogen-bond acceptors (Lipinski definition) is 3. The fourth-order valence-corrected chi connectivity index (χ4v) is 2.08. The topological polar surface area (TPSA) is 32.7 Å². The summed E-state index contributed by atoms with van der Waals surface area (Å²) in [5.74, 6) is 0.921. The summed E-state index contributed by atoms with van der Waals surface area (Å²) in [4.78, 5) is 2.07. The van der Waals surface area contributed by atoms with Crippen LogP contribution in [0.1, 0.15) is 25.0 Å². The molecule has 18 heavy (non-hydrogen) atoms. The van der Waals surface area contributed by atoms with Crippen molar-refractivity contribution in [2.24, 2.45) is 0 Å². The van der Waals surface area contributed by atoms with E-state index in [4.69, 9.17) is 4.74 Å². The monoisotopic (exact) mass is 251 g/mol. The van der Waals surface area contributed by atoms with Crippen LogP contribution in [0.5, 0.6) is 5.75 Å². The Hall–Kier alpha value is -1.06. The van der Waals surface area contributed by atoms with E-state index < -0.39 is 5.60 Å². The Morgan fingerprint density at radius 2 is 1.72 bits per heavy atom. The highest BCUT2D eigenvalue weighted by molar-refractivity contribution is 5.32. The van der Waals surface area contributed by atoms with Crippen molar-refractivity contribution in [2.45, 2.75) is 33.3 Å². The first-order valence-electron chi connectivity index (χ1n) is 6.38. The second-order valence-corrected chi connectivity index (χ2v) is 5.72. The number of aryl methyl sites for hydroxylation is 2. The van der Waals surface area contributed by atoms with E-state index in [-0.39, 0.29) is 0 Å². The number of hydrogen-bond donors (Lipinski definition) is 1. The Balaban J connectivity index is 2.37. The van der Waals surface area contributed by atoms with E-state index in [1.807, 2.05) is 33.0 Å². The van der Waals surface area contributed by atoms with Gasteiger partial charge in [-0.05, 0) is 58.0 Å². The van der Waals surface area contributed by atoms with Gasteiger partial charge in [-0.1, -0.05) is 6.07 Å². The lowest BCUT2D eigenvalue weighted by molar-refractivity contribution is 0.0411. The van der Waals surface area contributed by atoms with Gasteiger partial charge in [-0.15, -0.1) is 0 Å². The number of aliphatic hydroxyl groups is 1. The summed E-state index contributed by atoms with van der Waals surface area (Å²) >= 11 is 0. The summed E-state index contributed by atoms with van der Waals surface area (Å²) in [6, 6.07) is 6.22. The molecule has 102 valence electrons. The minimum absolute atomic E-state index is 0.634. The molecule has 0 heterocycles. The number of likely N-dealkylation sites (N-methyl/N-ethyl adjacent to an activating group) is 1. The SMILES string of the molecule is Cc1cc(C)cc(OCCN(C)CC(C)(C)O)c1. The zero-order chi connectivity index (χ0) is 13.8. The Morgan fingerprint density at radius 1 is 1.17 bits per heavy atom. The van der Waals surface area contributed by atoms with Gasteiger partial charge in [0.25, 0.3) is 0 Å². The lowest BCUT2D eigenvalue weighted by Gasteiger charge is -2.25. The molecule has 0 amide bonds. The van der Waals surface area contributed by atoms with Crippen LogP contribution in [0.3, 0.4) is 0 Å². The summed E-state index contributed by atoms with van der Waals surface area (Å²) in [5, 5.41) is 9.69. The maximum absolute atomic E-state index is 9.69. The fraction of sp³-hybridized carbons (Fsp3) is 0.600. The highest BCUT2D eigenvalue weighted by atomic mass is 16.5. The van der Waals surface area contributed by atoms with Gasteiger partial charge >= 0.3 is 0 Å². The van der Waals surface area contributed by atoms with E-state index >= 15 is 0 Å². The van der Waals surface area contributed by atoms with E-state index in [0.29, 0.717) is 13.2 Å². The van der Waals surface area contributed by atoms with Crippen molar-refractivity contribution in [3.63, 3.8) is 0 Å². The molecule has 3 heteroatoms. The van der Waals surface area contributed by atoms with E-state index in [0.717, 1.165) is 12.3 Å². The van der Waals surface area contributed by atoms with Crippen LogP contribution in [0.15, 0.2) is 18.2 Å². The largest absolute Gasteiger partial charge is 0.492 e. The third-order valence-electron chi connectivity index (χ3n) is 2.59. The minimum atomic E-state index is -0.658. The van der Waals surface area contributed by atoms with Crippen molar-refractivity contribution in [2.75, 3.05) is 26.7 Å². The van der Waals surface area contributed by atoms with Crippen LogP contribution in [0, 0.1) is 13.8 Å². The standard InChI is InChI=1S/C15H25NO2/c1-12-8-13(2)10-14(9-12)18-7-6-16(5)11-15(3,4)17/h8-10,17H,6-7,11H2,1-5H3. The summed E-state index contributed by atoms with van der Waals surface area (Å²) in [6.07, 6.45) is 0. The van der Waals surface area contributed by atoms with E-state index in [2.05, 4.69) is 24.8 Å². The Kier molecular flexibility index (Phi) is 5.17. The Labute approximate surface area is 110 Å². The van der Waals surface area contributed by atoms with Gasteiger partial charge in [-0.2, -0.15) is 0 Å². The first-order valence-corrected chi connectivity index (χ1v) is 6.38. The van der Waals surface area contributed by atoms with Gasteiger partial charge in [0.05, 0.1) is 5.60 Å². The smallest absolute Gasteiger partial charge is 0.119 e. The maximum atomic E-state index is 9.69. The summed E-state index contributed by atoms with van der Waals surface area (Å²) < 4.78 is 5.73. The molecule has 1 rings (SSSR count). The van der Waals surface area contributed by atoms with Crippen LogP contribution in [-0.4, -0.2) is 42.4 Å². The van der Waals surface area contributed by atoms with Crippen LogP contribution in [0.2, 0.25) is 0 Å². The molecule has 0 aliphatic heterocycles. The Morgan fingerprint density at radius 3 is 2.22 bits per heavy atom. The van der Waals surface area contributed by atoms with Crippen LogP contribution in [-0.2, 0) is 0 Å². The van der Waals surface area contributed by atoms with Crippen molar-refractivity contribution < 1.29 is 9.84 Å².